The molecule has 0 N–H and O–H groups in total. The predicted molar refractivity (Wildman–Crippen MR) is 39.6 cm³/mol. The van der Waals surface area contributed by atoms with Crippen molar-refractivity contribution < 1.29 is 22.8 Å². The Kier molecular flexibility index (Phi) is 2.90. The number of hydrogen-bond donors (Lipinski definition) is 0. The molecular weight excluding hydrogens is 203 g/mol. The zero-order chi connectivity index (χ0) is 10.7. The van der Waals surface area contributed by atoms with Gasteiger partial charge in [0.15, 0.2) is 0 Å². The minimum atomic E-state index is -1.40. The van der Waals surface area contributed by atoms with Gasteiger partial charge in [-0.15, -0.1) is 0 Å². The van der Waals surface area contributed by atoms with E-state index in [4.69, 9.17) is 0 Å². The van der Waals surface area contributed by atoms with Crippen LogP contribution in [0.3, 0.4) is 0 Å². The van der Waals surface area contributed by atoms with Gasteiger partial charge >= 0.3 is 5.69 Å². The number of rotatable bonds is 3. The molecule has 0 bridgehead atoms. The highest BCUT2D eigenvalue weighted by molar-refractivity contribution is 5.47. The quantitative estimate of drug-likeness (QED) is 0.563. The molecule has 76 valence electrons. The second kappa shape index (κ2) is 3.95. The molecule has 0 saturated heterocycles. The second-order valence-corrected chi connectivity index (χ2v) is 2.24. The van der Waals surface area contributed by atoms with E-state index >= 15 is 0 Å². The smallest absolute Gasteiger partial charge is 0.346 e. The van der Waals surface area contributed by atoms with Gasteiger partial charge in [-0.25, -0.2) is 8.78 Å². The summed E-state index contributed by atoms with van der Waals surface area (Å²) in [5.41, 5.74) is -1.08. The molecule has 14 heavy (non-hydrogen) atoms. The average Bonchev–Trinajstić information content (AvgIpc) is 2.01. The van der Waals surface area contributed by atoms with E-state index in [0.717, 1.165) is 0 Å². The maximum atomic E-state index is 12.8. The van der Waals surface area contributed by atoms with Crippen LogP contribution in [0.15, 0.2) is 12.1 Å². The third-order valence-electron chi connectivity index (χ3n) is 1.39. The molecule has 1 rings (SSSR count). The molecular formula is C7H4F3NO3. The van der Waals surface area contributed by atoms with E-state index in [-0.39, 0.29) is 0 Å². The first kappa shape index (κ1) is 10.3. The van der Waals surface area contributed by atoms with E-state index in [9.17, 15) is 23.3 Å². The Morgan fingerprint density at radius 2 is 2.07 bits per heavy atom. The summed E-state index contributed by atoms with van der Waals surface area (Å²) in [5.74, 6) is -3.25. The van der Waals surface area contributed by atoms with Gasteiger partial charge in [-0.1, -0.05) is 0 Å². The summed E-state index contributed by atoms with van der Waals surface area (Å²) in [5, 5.41) is 10.3. The van der Waals surface area contributed by atoms with E-state index in [2.05, 4.69) is 4.74 Å². The third kappa shape index (κ3) is 1.93. The van der Waals surface area contributed by atoms with Crippen molar-refractivity contribution >= 4 is 5.69 Å². The lowest BCUT2D eigenvalue weighted by Gasteiger charge is -2.02. The minimum Gasteiger partial charge on any atom is -0.455 e. The molecule has 0 aliphatic carbocycles. The number of ether oxygens (including phenoxy) is 1. The molecule has 4 nitrogen and oxygen atoms in total. The number of alkyl halides is 1. The molecule has 0 fully saturated rings. The van der Waals surface area contributed by atoms with Crippen LogP contribution in [0.25, 0.3) is 0 Å². The molecule has 0 aliphatic heterocycles. The van der Waals surface area contributed by atoms with Crippen LogP contribution in [0.2, 0.25) is 0 Å². The zero-order valence-corrected chi connectivity index (χ0v) is 6.67. The summed E-state index contributed by atoms with van der Waals surface area (Å²) in [4.78, 5) is 9.16. The number of nitro benzene ring substituents is 1. The monoisotopic (exact) mass is 207 g/mol. The molecule has 1 aromatic carbocycles. The van der Waals surface area contributed by atoms with Crippen molar-refractivity contribution in [3.05, 3.63) is 33.9 Å². The first-order valence-corrected chi connectivity index (χ1v) is 3.38. The van der Waals surface area contributed by atoms with Crippen LogP contribution < -0.4 is 4.74 Å². The van der Waals surface area contributed by atoms with Gasteiger partial charge in [0.25, 0.3) is 0 Å². The average molecular weight is 207 g/mol. The molecule has 0 heterocycles. The molecule has 0 amide bonds. The first-order valence-electron chi connectivity index (χ1n) is 3.38. The van der Waals surface area contributed by atoms with Crippen LogP contribution in [0, 0.1) is 21.7 Å². The van der Waals surface area contributed by atoms with E-state index in [1.165, 1.54) is 0 Å². The van der Waals surface area contributed by atoms with Gasteiger partial charge < -0.3 is 4.74 Å². The third-order valence-corrected chi connectivity index (χ3v) is 1.39. The fraction of sp³-hybridized carbons (Fsp3) is 0.143. The Hall–Kier alpha value is -1.79. The topological polar surface area (TPSA) is 52.4 Å². The normalized spacial score (nSPS) is 9.93. The van der Waals surface area contributed by atoms with Gasteiger partial charge in [-0.3, -0.25) is 10.1 Å². The Morgan fingerprint density at radius 3 is 2.57 bits per heavy atom. The van der Waals surface area contributed by atoms with Crippen molar-refractivity contribution in [1.82, 2.24) is 0 Å². The summed E-state index contributed by atoms with van der Waals surface area (Å²) >= 11 is 0. The van der Waals surface area contributed by atoms with E-state index < -0.39 is 34.9 Å². The summed E-state index contributed by atoms with van der Waals surface area (Å²) in [7, 11) is 0. The highest BCUT2D eigenvalue weighted by Crippen LogP contribution is 2.30. The summed E-state index contributed by atoms with van der Waals surface area (Å²) in [6, 6.07) is 0.865. The maximum Gasteiger partial charge on any atom is 0.346 e. The van der Waals surface area contributed by atoms with Gasteiger partial charge in [-0.05, 0) is 0 Å². The van der Waals surface area contributed by atoms with Crippen molar-refractivity contribution in [3.63, 3.8) is 0 Å². The number of hydrogen-bond acceptors (Lipinski definition) is 3. The van der Waals surface area contributed by atoms with E-state index in [1.807, 2.05) is 0 Å². The first-order chi connectivity index (χ1) is 6.56. The van der Waals surface area contributed by atoms with Crippen LogP contribution in [0.1, 0.15) is 0 Å². The maximum absolute atomic E-state index is 12.8. The number of benzene rings is 1. The fourth-order valence-electron chi connectivity index (χ4n) is 0.888. The van der Waals surface area contributed by atoms with Crippen molar-refractivity contribution in [2.24, 2.45) is 0 Å². The summed E-state index contributed by atoms with van der Waals surface area (Å²) in [6.45, 7) is -1.40. The van der Waals surface area contributed by atoms with Crippen LogP contribution in [-0.4, -0.2) is 11.8 Å². The summed E-state index contributed by atoms with van der Waals surface area (Å²) < 4.78 is 41.1. The molecule has 0 aliphatic rings. The van der Waals surface area contributed by atoms with E-state index in [1.54, 1.807) is 0 Å². The van der Waals surface area contributed by atoms with Crippen LogP contribution in [0.5, 0.6) is 5.75 Å². The lowest BCUT2D eigenvalue weighted by atomic mass is 10.3. The largest absolute Gasteiger partial charge is 0.455 e. The molecule has 0 atom stereocenters. The second-order valence-electron chi connectivity index (χ2n) is 2.24. The van der Waals surface area contributed by atoms with E-state index in [0.29, 0.717) is 12.1 Å². The number of halogens is 3. The molecule has 0 aromatic heterocycles. The Balaban J connectivity index is 3.28. The molecule has 0 saturated carbocycles. The highest BCUT2D eigenvalue weighted by atomic mass is 19.1. The standard InChI is InChI=1S/C7H4F3NO3/c8-3-14-6-2-4(9)1-5(10)7(6)11(12)13/h1-2H,3H2. The van der Waals surface area contributed by atoms with Crippen molar-refractivity contribution in [2.75, 3.05) is 6.86 Å². The molecule has 0 radical (unpaired) electrons. The van der Waals surface area contributed by atoms with Crippen LogP contribution in [0.4, 0.5) is 18.9 Å². The predicted octanol–water partition coefficient (Wildman–Crippen LogP) is 2.18. The van der Waals surface area contributed by atoms with Crippen molar-refractivity contribution in [1.29, 1.82) is 0 Å². The zero-order valence-electron chi connectivity index (χ0n) is 6.67. The Bertz CT molecular complexity index is 369. The van der Waals surface area contributed by atoms with Crippen LogP contribution >= 0.6 is 0 Å². The lowest BCUT2D eigenvalue weighted by Crippen LogP contribution is -2.00. The number of nitrogens with zero attached hydrogens (tertiary/aromatic N) is 1. The van der Waals surface area contributed by atoms with Gasteiger partial charge in [0.2, 0.25) is 18.4 Å². The number of nitro groups is 1. The molecule has 0 spiro atoms. The van der Waals surface area contributed by atoms with Crippen LogP contribution in [-0.2, 0) is 0 Å². The van der Waals surface area contributed by atoms with Gasteiger partial charge in [0, 0.05) is 12.1 Å². The van der Waals surface area contributed by atoms with Crippen molar-refractivity contribution in [3.8, 4) is 5.75 Å². The lowest BCUT2D eigenvalue weighted by molar-refractivity contribution is -0.388. The Labute approximate surface area is 76.1 Å². The SMILES string of the molecule is O=[N+]([O-])c1c(F)cc(F)cc1OCF. The molecule has 0 unspecified atom stereocenters. The van der Waals surface area contributed by atoms with Gasteiger partial charge in [0.1, 0.15) is 5.82 Å². The fourth-order valence-corrected chi connectivity index (χ4v) is 0.888. The highest BCUT2D eigenvalue weighted by Gasteiger charge is 2.23. The molecule has 1 aromatic rings. The minimum absolute atomic E-state index is 0.323. The van der Waals surface area contributed by atoms with Gasteiger partial charge in [0.05, 0.1) is 4.92 Å². The van der Waals surface area contributed by atoms with Gasteiger partial charge in [-0.2, -0.15) is 4.39 Å². The molecule has 7 heteroatoms. The Morgan fingerprint density at radius 1 is 1.43 bits per heavy atom. The summed E-state index contributed by atoms with van der Waals surface area (Å²) in [6.07, 6.45) is 0. The van der Waals surface area contributed by atoms with Crippen molar-refractivity contribution in [2.45, 2.75) is 0 Å².